The molecule has 8 fully saturated rings. The zero-order valence-electron chi connectivity index (χ0n) is 74.1. The van der Waals surface area contributed by atoms with Crippen LogP contribution >= 0.6 is 15.9 Å². The molecule has 664 valence electrons. The lowest BCUT2D eigenvalue weighted by atomic mass is 9.71. The number of carbonyl (C=O) groups is 1. The van der Waals surface area contributed by atoms with Crippen molar-refractivity contribution < 1.29 is 47.6 Å². The van der Waals surface area contributed by atoms with Crippen LogP contribution in [0.3, 0.4) is 0 Å². The van der Waals surface area contributed by atoms with E-state index in [1.54, 1.807) is 31.0 Å². The monoisotopic (exact) mass is 1780 g/mol. The fourth-order valence-corrected chi connectivity index (χ4v) is 18.9. The molecule has 4 saturated heterocycles. The van der Waals surface area contributed by atoms with E-state index in [9.17, 15) is 9.90 Å². The van der Waals surface area contributed by atoms with Gasteiger partial charge < -0.3 is 42.8 Å². The Hall–Kier alpha value is -10.1. The number of Topliss-reactive ketones (excluding diaryl/α,β-unsaturated/α-hetero) is 1. The van der Waals surface area contributed by atoms with Crippen molar-refractivity contribution in [2.24, 2.45) is 5.92 Å². The number of ketones is 1. The van der Waals surface area contributed by atoms with Crippen molar-refractivity contribution in [3.05, 3.63) is 306 Å². The first-order valence-electron chi connectivity index (χ1n) is 45.9. The minimum Gasteiger partial charge on any atom is -0.400 e. The molecule has 1 N–H and O–H groups in total. The van der Waals surface area contributed by atoms with Crippen LogP contribution in [-0.4, -0.2) is 151 Å². The maximum atomic E-state index is 11.2. The van der Waals surface area contributed by atoms with Crippen LogP contribution in [0.15, 0.2) is 278 Å². The number of aliphatic hydroxyl groups excluding tert-OH is 1. The molecule has 10 heterocycles. The van der Waals surface area contributed by atoms with Crippen LogP contribution in [0.25, 0.3) is 39.7 Å². The highest BCUT2D eigenvalue weighted by atomic mass is 79.9. The highest BCUT2D eigenvalue weighted by Gasteiger charge is 2.53. The van der Waals surface area contributed by atoms with Gasteiger partial charge in [0.05, 0.1) is 91.1 Å². The molecule has 4 saturated carbocycles. The van der Waals surface area contributed by atoms with E-state index in [1.165, 1.54) is 64.5 Å². The number of hydrogen-bond donors (Lipinski definition) is 1. The summed E-state index contributed by atoms with van der Waals surface area (Å²) in [4.78, 5) is 11.2. The van der Waals surface area contributed by atoms with Crippen molar-refractivity contribution in [1.29, 1.82) is 0 Å². The molecular formula is C103H122BBrN12O10. The van der Waals surface area contributed by atoms with Gasteiger partial charge in [0.1, 0.15) is 5.78 Å². The molecule has 6 aromatic carbocycles. The summed E-state index contributed by atoms with van der Waals surface area (Å²) < 4.78 is 59.0. The molecular weight excluding hydrogens is 1660 g/mol. The van der Waals surface area contributed by atoms with E-state index in [-0.39, 0.29) is 41.8 Å². The predicted molar refractivity (Wildman–Crippen MR) is 498 cm³/mol. The summed E-state index contributed by atoms with van der Waals surface area (Å²) in [6.45, 7) is 15.1. The first kappa shape index (κ1) is 90.3. The van der Waals surface area contributed by atoms with Crippen molar-refractivity contribution in [2.75, 3.05) is 39.6 Å². The van der Waals surface area contributed by atoms with Gasteiger partial charge in [0.2, 0.25) is 0 Å². The molecule has 0 amide bonds. The standard InChI is InChI=1S/C17H20N2O2.C17H18N2O2.C16H20N2.C15H18N2O.C15H16N2O.C14H23BO4.C9H7BrN2/c2*1-10-18-19(11-1)16-4-2-14(3-5-16)15-6-8-17(9-7-15)20-12-13-21-17;1-13-3-5-14(6-4-13)15-7-9-16(10-8-15)18-12-2-11-17-18;2*18-15-8-4-13(5-9-15)12-2-6-14(7-3-12)17-11-1-10-16-17;1-12(2)13(3,4)19-15(18-12)11-5-7-14(8-6-11)16-9-10-17-14;10-8-2-4-9(5-3-8)12-7-1-6-11-12/h1-5,10-11,15H,6-9,12-13H2;1-6,10-11H,7-9,12-13H2;2,7-14H,3-6H2,1H3;1-3,6-7,10-11,13,15,18H,4-5,8-9H2;1-3,6-7,10-11,13H,4-5,8-9H2;5H,6-10H2,1-4H3;1-7H. The number of benzene rings is 6. The molecule has 0 bridgehead atoms. The van der Waals surface area contributed by atoms with E-state index in [2.05, 4.69) is 215 Å². The Morgan fingerprint density at radius 3 is 0.984 bits per heavy atom. The van der Waals surface area contributed by atoms with Gasteiger partial charge in [-0.05, 0) is 295 Å². The number of aliphatic hydroxyl groups is 1. The highest BCUT2D eigenvalue weighted by Crippen LogP contribution is 2.46. The summed E-state index contributed by atoms with van der Waals surface area (Å²) in [5.74, 6) is 2.93. The van der Waals surface area contributed by atoms with Crippen LogP contribution in [0.5, 0.6) is 0 Å². The number of allylic oxidation sites excluding steroid dienone is 2. The molecule has 3 spiro atoms. The third-order valence-corrected chi connectivity index (χ3v) is 27.6. The van der Waals surface area contributed by atoms with Gasteiger partial charge in [0, 0.05) is 130 Å². The number of halogens is 1. The molecule has 6 aliphatic carbocycles. The number of carbonyl (C=O) groups excluding carboxylic acids is 1. The third-order valence-electron chi connectivity index (χ3n) is 27.0. The van der Waals surface area contributed by atoms with E-state index < -0.39 is 0 Å². The molecule has 4 aliphatic heterocycles. The van der Waals surface area contributed by atoms with E-state index >= 15 is 0 Å². The molecule has 0 radical (unpaired) electrons. The fraction of sp³-hybridized carbons (Fsp3) is 0.427. The predicted octanol–water partition coefficient (Wildman–Crippen LogP) is 21.7. The maximum absolute atomic E-state index is 11.2. The molecule has 22 nitrogen and oxygen atoms in total. The number of hydrogen-bond acceptors (Lipinski definition) is 16. The Morgan fingerprint density at radius 1 is 0.354 bits per heavy atom. The van der Waals surface area contributed by atoms with Crippen LogP contribution < -0.4 is 0 Å². The normalized spacial score (nSPS) is 22.0. The molecule has 127 heavy (non-hydrogen) atoms. The Morgan fingerprint density at radius 2 is 0.661 bits per heavy atom. The van der Waals surface area contributed by atoms with E-state index in [4.69, 9.17) is 37.7 Å². The second kappa shape index (κ2) is 42.4. The van der Waals surface area contributed by atoms with Gasteiger partial charge in [-0.15, -0.1) is 0 Å². The minimum atomic E-state index is -0.368. The average Bonchev–Trinajstić information content (AvgIpc) is 1.61. The number of ether oxygens (including phenoxy) is 6. The highest BCUT2D eigenvalue weighted by molar-refractivity contribution is 9.10. The summed E-state index contributed by atoms with van der Waals surface area (Å²) in [7, 11) is -0.219. The lowest BCUT2D eigenvalue weighted by Gasteiger charge is -2.35. The molecule has 0 atom stereocenters. The SMILES string of the molecule is Brc1ccc(-n2cccn2)cc1.C1=C(c2ccc(-n3cccn3)cc2)CCC2(C1)OCCO2.CC1(C)OB(C2=CCC3(CC2)OCCO3)OC1(C)C.CC1CCC(c2ccc(-n3cccn3)cc2)CC1.O=C1CCC(c2ccc(-n3cccn3)cc2)CC1.OC1CCC(c2ccc(-n3cccn3)cc2)CC1.c1cnn(-c2ccc(C3CCC4(CC3)OCCO4)cc2)c1. The molecule has 12 aromatic rings. The van der Waals surface area contributed by atoms with Crippen LogP contribution in [0.2, 0.25) is 0 Å². The molecule has 22 rings (SSSR count). The van der Waals surface area contributed by atoms with Crippen LogP contribution in [0.4, 0.5) is 0 Å². The van der Waals surface area contributed by atoms with Gasteiger partial charge >= 0.3 is 7.12 Å². The van der Waals surface area contributed by atoms with Crippen LogP contribution in [0.1, 0.15) is 227 Å². The van der Waals surface area contributed by atoms with E-state index in [0.717, 1.165) is 192 Å². The van der Waals surface area contributed by atoms with Crippen molar-refractivity contribution >= 4 is 34.4 Å². The van der Waals surface area contributed by atoms with E-state index in [1.807, 2.05) is 132 Å². The van der Waals surface area contributed by atoms with Gasteiger partial charge in [-0.1, -0.05) is 109 Å². The topological polar surface area (TPSA) is 218 Å². The second-order valence-electron chi connectivity index (χ2n) is 36.0. The maximum Gasteiger partial charge on any atom is 0.490 e. The first-order valence-corrected chi connectivity index (χ1v) is 46.7. The Kier molecular flexibility index (Phi) is 30.2. The van der Waals surface area contributed by atoms with E-state index in [0.29, 0.717) is 36.8 Å². The molecule has 6 aromatic heterocycles. The summed E-state index contributed by atoms with van der Waals surface area (Å²) in [6, 6.07) is 63.0. The van der Waals surface area contributed by atoms with Crippen LogP contribution in [0, 0.1) is 5.92 Å². The Bertz CT molecular complexity index is 5220. The zero-order valence-corrected chi connectivity index (χ0v) is 75.7. The molecule has 0 unspecified atom stereocenters. The van der Waals surface area contributed by atoms with Crippen molar-refractivity contribution in [2.45, 2.75) is 234 Å². The molecule has 10 aliphatic rings. The fourth-order valence-electron chi connectivity index (χ4n) is 18.6. The molecule has 24 heteroatoms. The minimum absolute atomic E-state index is 0.0791. The Balaban J connectivity index is 0.000000109. The van der Waals surface area contributed by atoms with Gasteiger partial charge in [0.25, 0.3) is 0 Å². The van der Waals surface area contributed by atoms with Crippen LogP contribution in [-0.2, 0) is 42.5 Å². The average molecular weight is 1780 g/mol. The first-order chi connectivity index (χ1) is 61.9. The lowest BCUT2D eigenvalue weighted by Crippen LogP contribution is -2.41. The summed E-state index contributed by atoms with van der Waals surface area (Å²) in [5.41, 5.74) is 15.6. The smallest absolute Gasteiger partial charge is 0.400 e. The van der Waals surface area contributed by atoms with Gasteiger partial charge in [0.15, 0.2) is 17.4 Å². The number of aromatic nitrogens is 12. The summed E-state index contributed by atoms with van der Waals surface area (Å²) >= 11 is 3.38. The largest absolute Gasteiger partial charge is 0.490 e. The quantitative estimate of drug-likeness (QED) is 0.112. The third kappa shape index (κ3) is 23.7. The summed E-state index contributed by atoms with van der Waals surface area (Å²) in [5, 5.41) is 34.8. The van der Waals surface area contributed by atoms with Gasteiger partial charge in [-0.25, -0.2) is 28.1 Å². The van der Waals surface area contributed by atoms with Crippen molar-refractivity contribution in [3.8, 4) is 34.1 Å². The van der Waals surface area contributed by atoms with Crippen molar-refractivity contribution in [3.63, 3.8) is 0 Å². The van der Waals surface area contributed by atoms with Gasteiger partial charge in [-0.2, -0.15) is 30.6 Å². The number of nitrogens with zero attached hydrogens (tertiary/aromatic N) is 12. The van der Waals surface area contributed by atoms with Crippen molar-refractivity contribution in [1.82, 2.24) is 58.7 Å². The number of rotatable bonds is 12. The zero-order chi connectivity index (χ0) is 87.5. The second-order valence-corrected chi connectivity index (χ2v) is 36.9. The Labute approximate surface area is 756 Å². The van der Waals surface area contributed by atoms with Gasteiger partial charge in [-0.3, -0.25) is 4.79 Å². The summed E-state index contributed by atoms with van der Waals surface area (Å²) in [6.07, 6.45) is 49.5. The lowest BCUT2D eigenvalue weighted by molar-refractivity contribution is -0.178.